The molecule has 1 fully saturated rings. The molecule has 1 heterocycles. The van der Waals surface area contributed by atoms with Gasteiger partial charge in [0.15, 0.2) is 0 Å². The number of aliphatic hydroxyl groups is 1. The molecule has 1 aliphatic heterocycles. The maximum Gasteiger partial charge on any atom is 0.387 e. The van der Waals surface area contributed by atoms with Crippen LogP contribution < -0.4 is 10.1 Å². The Labute approximate surface area is 109 Å². The van der Waals surface area contributed by atoms with E-state index < -0.39 is 18.0 Å². The van der Waals surface area contributed by atoms with Gasteiger partial charge in [-0.25, -0.2) is 4.39 Å². The van der Waals surface area contributed by atoms with Crippen LogP contribution in [0, 0.1) is 5.82 Å². The third kappa shape index (κ3) is 3.84. The van der Waals surface area contributed by atoms with Crippen molar-refractivity contribution < 1.29 is 23.0 Å². The van der Waals surface area contributed by atoms with E-state index in [1.165, 1.54) is 12.1 Å². The summed E-state index contributed by atoms with van der Waals surface area (Å²) in [6.07, 6.45) is 1.57. The number of piperidine rings is 1. The molecule has 0 radical (unpaired) electrons. The highest BCUT2D eigenvalue weighted by atomic mass is 19.3. The lowest BCUT2D eigenvalue weighted by Crippen LogP contribution is -2.47. The normalized spacial score (nSPS) is 23.6. The van der Waals surface area contributed by atoms with Crippen molar-refractivity contribution in [3.8, 4) is 5.75 Å². The van der Waals surface area contributed by atoms with Crippen molar-refractivity contribution >= 4 is 0 Å². The summed E-state index contributed by atoms with van der Waals surface area (Å²) in [6.45, 7) is -1.73. The molecule has 3 nitrogen and oxygen atoms in total. The molecular weight excluding hydrogens is 259 g/mol. The fourth-order valence-corrected chi connectivity index (χ4v) is 2.30. The van der Waals surface area contributed by atoms with Crippen molar-refractivity contribution in [1.29, 1.82) is 0 Å². The summed E-state index contributed by atoms with van der Waals surface area (Å²) in [4.78, 5) is 0. The number of nitrogens with one attached hydrogen (secondary N) is 1. The summed E-state index contributed by atoms with van der Waals surface area (Å²) in [5, 5.41) is 13.3. The van der Waals surface area contributed by atoms with Crippen molar-refractivity contribution in [3.63, 3.8) is 0 Å². The lowest BCUT2D eigenvalue weighted by molar-refractivity contribution is -0.0500. The lowest BCUT2D eigenvalue weighted by Gasteiger charge is -2.32. The molecule has 0 amide bonds. The molecule has 19 heavy (non-hydrogen) atoms. The van der Waals surface area contributed by atoms with Gasteiger partial charge in [0.25, 0.3) is 0 Å². The number of β-amino-alcohol motifs (C(OH)–C–C–N with tert-alkyl or cyclic N) is 1. The van der Waals surface area contributed by atoms with Crippen LogP contribution in [-0.2, 0) is 6.42 Å². The van der Waals surface area contributed by atoms with Crippen LogP contribution in [0.4, 0.5) is 13.2 Å². The van der Waals surface area contributed by atoms with Crippen molar-refractivity contribution in [3.05, 3.63) is 29.6 Å². The highest BCUT2D eigenvalue weighted by molar-refractivity contribution is 5.30. The molecule has 1 unspecified atom stereocenters. The largest absolute Gasteiger partial charge is 0.435 e. The van der Waals surface area contributed by atoms with E-state index in [0.29, 0.717) is 18.5 Å². The Morgan fingerprint density at radius 3 is 2.79 bits per heavy atom. The molecule has 1 atom stereocenters. The van der Waals surface area contributed by atoms with E-state index in [2.05, 4.69) is 10.1 Å². The third-order valence-electron chi connectivity index (χ3n) is 3.22. The van der Waals surface area contributed by atoms with Crippen molar-refractivity contribution in [2.24, 2.45) is 0 Å². The number of ether oxygens (including phenoxy) is 1. The fraction of sp³-hybridized carbons (Fsp3) is 0.538. The molecule has 1 aromatic rings. The van der Waals surface area contributed by atoms with E-state index in [1.807, 2.05) is 0 Å². The third-order valence-corrected chi connectivity index (χ3v) is 3.22. The van der Waals surface area contributed by atoms with Gasteiger partial charge in [0.2, 0.25) is 0 Å². The minimum absolute atomic E-state index is 0.154. The molecule has 1 aromatic carbocycles. The molecule has 2 rings (SSSR count). The van der Waals surface area contributed by atoms with Gasteiger partial charge in [-0.3, -0.25) is 0 Å². The Balaban J connectivity index is 2.08. The number of alkyl halides is 2. The minimum atomic E-state index is -2.98. The first-order valence-electron chi connectivity index (χ1n) is 6.15. The first-order valence-corrected chi connectivity index (χ1v) is 6.15. The second-order valence-electron chi connectivity index (χ2n) is 4.81. The van der Waals surface area contributed by atoms with Gasteiger partial charge in [-0.15, -0.1) is 0 Å². The van der Waals surface area contributed by atoms with Crippen LogP contribution >= 0.6 is 0 Å². The monoisotopic (exact) mass is 275 g/mol. The van der Waals surface area contributed by atoms with E-state index >= 15 is 0 Å². The summed E-state index contributed by atoms with van der Waals surface area (Å²) < 4.78 is 41.9. The second kappa shape index (κ2) is 5.79. The molecular formula is C13H16F3NO2. The summed E-state index contributed by atoms with van der Waals surface area (Å²) >= 11 is 0. The predicted molar refractivity (Wildman–Crippen MR) is 63.8 cm³/mol. The second-order valence-corrected chi connectivity index (χ2v) is 4.81. The molecule has 6 heteroatoms. The van der Waals surface area contributed by atoms with Gasteiger partial charge in [0.1, 0.15) is 11.6 Å². The molecule has 1 aliphatic rings. The van der Waals surface area contributed by atoms with Crippen LogP contribution in [0.2, 0.25) is 0 Å². The van der Waals surface area contributed by atoms with Gasteiger partial charge in [-0.1, -0.05) is 6.07 Å². The SMILES string of the molecule is OC1(Cc2ccc(OC(F)F)cc2F)CCCNC1. The van der Waals surface area contributed by atoms with Gasteiger partial charge in [-0.05, 0) is 31.0 Å². The van der Waals surface area contributed by atoms with E-state index in [4.69, 9.17) is 0 Å². The average Bonchev–Trinajstić information content (AvgIpc) is 2.33. The zero-order chi connectivity index (χ0) is 13.9. The molecule has 0 spiro atoms. The van der Waals surface area contributed by atoms with Gasteiger partial charge < -0.3 is 15.2 Å². The van der Waals surface area contributed by atoms with Gasteiger partial charge in [0.05, 0.1) is 5.60 Å². The predicted octanol–water partition coefficient (Wildman–Crippen LogP) is 2.08. The Bertz CT molecular complexity index is 434. The van der Waals surface area contributed by atoms with Crippen molar-refractivity contribution in [2.45, 2.75) is 31.5 Å². The molecule has 0 aromatic heterocycles. The standard InChI is InChI=1S/C13H16F3NO2/c14-11-6-10(19-12(15)16)3-2-9(11)7-13(18)4-1-5-17-8-13/h2-3,6,12,17-18H,1,4-5,7-8H2. The number of benzene rings is 1. The first kappa shape index (κ1) is 14.1. The maximum atomic E-state index is 13.8. The lowest BCUT2D eigenvalue weighted by atomic mass is 9.87. The van der Waals surface area contributed by atoms with E-state index in [9.17, 15) is 18.3 Å². The molecule has 2 N–H and O–H groups in total. The Morgan fingerprint density at radius 2 is 2.21 bits per heavy atom. The van der Waals surface area contributed by atoms with Crippen LogP contribution in [0.15, 0.2) is 18.2 Å². The number of halogens is 3. The topological polar surface area (TPSA) is 41.5 Å². The van der Waals surface area contributed by atoms with Crippen LogP contribution in [0.5, 0.6) is 5.75 Å². The fourth-order valence-electron chi connectivity index (χ4n) is 2.30. The molecule has 1 saturated heterocycles. The van der Waals surface area contributed by atoms with Crippen LogP contribution in [0.1, 0.15) is 18.4 Å². The Hall–Kier alpha value is -1.27. The average molecular weight is 275 g/mol. The number of hydrogen-bond acceptors (Lipinski definition) is 3. The number of hydrogen-bond donors (Lipinski definition) is 2. The minimum Gasteiger partial charge on any atom is -0.435 e. The number of rotatable bonds is 4. The van der Waals surface area contributed by atoms with Crippen LogP contribution in [0.3, 0.4) is 0 Å². The molecule has 0 aliphatic carbocycles. The summed E-state index contributed by atoms with van der Waals surface area (Å²) in [5.41, 5.74) is -0.683. The Kier molecular flexibility index (Phi) is 4.31. The first-order chi connectivity index (χ1) is 8.98. The molecule has 0 saturated carbocycles. The van der Waals surface area contributed by atoms with Crippen LogP contribution in [-0.4, -0.2) is 30.4 Å². The van der Waals surface area contributed by atoms with Gasteiger partial charge >= 0.3 is 6.61 Å². The highest BCUT2D eigenvalue weighted by Gasteiger charge is 2.30. The van der Waals surface area contributed by atoms with Crippen molar-refractivity contribution in [2.75, 3.05) is 13.1 Å². The summed E-state index contributed by atoms with van der Waals surface area (Å²) in [7, 11) is 0. The zero-order valence-corrected chi connectivity index (χ0v) is 10.3. The van der Waals surface area contributed by atoms with E-state index in [0.717, 1.165) is 19.0 Å². The van der Waals surface area contributed by atoms with E-state index in [1.54, 1.807) is 0 Å². The summed E-state index contributed by atoms with van der Waals surface area (Å²) in [5.74, 6) is -0.859. The maximum absolute atomic E-state index is 13.8. The quantitative estimate of drug-likeness (QED) is 0.884. The molecule has 0 bridgehead atoms. The van der Waals surface area contributed by atoms with Crippen LogP contribution in [0.25, 0.3) is 0 Å². The molecule has 106 valence electrons. The van der Waals surface area contributed by atoms with Gasteiger partial charge in [-0.2, -0.15) is 8.78 Å². The van der Waals surface area contributed by atoms with E-state index in [-0.39, 0.29) is 12.2 Å². The smallest absolute Gasteiger partial charge is 0.387 e. The zero-order valence-electron chi connectivity index (χ0n) is 10.3. The highest BCUT2D eigenvalue weighted by Crippen LogP contribution is 2.25. The van der Waals surface area contributed by atoms with Gasteiger partial charge in [0, 0.05) is 19.0 Å². The van der Waals surface area contributed by atoms with Crippen molar-refractivity contribution in [1.82, 2.24) is 5.32 Å². The summed E-state index contributed by atoms with van der Waals surface area (Å²) in [6, 6.07) is 3.57. The Morgan fingerprint density at radius 1 is 1.42 bits per heavy atom.